The van der Waals surface area contributed by atoms with Crippen LogP contribution in [0.15, 0.2) is 51.7 Å². The van der Waals surface area contributed by atoms with Crippen LogP contribution in [0.4, 0.5) is 0 Å². The Morgan fingerprint density at radius 1 is 1.04 bits per heavy atom. The maximum absolute atomic E-state index is 11.9. The minimum atomic E-state index is -0.295. The SMILES string of the molecule is Cc1cc2oc(=O)cc(C[NH+](C)Cc3cccc(Cl)c3)c2cc1C. The second kappa shape index (κ2) is 6.80. The Hall–Kier alpha value is -2.10. The molecule has 3 rings (SSSR count). The minimum absolute atomic E-state index is 0.295. The minimum Gasteiger partial charge on any atom is -0.423 e. The highest BCUT2D eigenvalue weighted by Crippen LogP contribution is 2.21. The van der Waals surface area contributed by atoms with E-state index in [1.165, 1.54) is 16.0 Å². The van der Waals surface area contributed by atoms with Crippen LogP contribution < -0.4 is 10.5 Å². The summed E-state index contributed by atoms with van der Waals surface area (Å²) in [4.78, 5) is 13.2. The third-order valence-electron chi connectivity index (χ3n) is 4.33. The van der Waals surface area contributed by atoms with Crippen LogP contribution in [0, 0.1) is 13.8 Å². The summed E-state index contributed by atoms with van der Waals surface area (Å²) in [6.45, 7) is 5.69. The Bertz CT molecular complexity index is 946. The van der Waals surface area contributed by atoms with Gasteiger partial charge in [0.05, 0.1) is 7.05 Å². The molecule has 4 heteroatoms. The molecule has 0 radical (unpaired) electrons. The van der Waals surface area contributed by atoms with E-state index in [0.29, 0.717) is 5.58 Å². The van der Waals surface area contributed by atoms with Crippen LogP contribution in [0.1, 0.15) is 22.3 Å². The van der Waals surface area contributed by atoms with Crippen molar-refractivity contribution in [2.75, 3.05) is 7.05 Å². The van der Waals surface area contributed by atoms with E-state index in [-0.39, 0.29) is 5.63 Å². The monoisotopic (exact) mass is 342 g/mol. The molecule has 0 amide bonds. The summed E-state index contributed by atoms with van der Waals surface area (Å²) < 4.78 is 5.37. The average Bonchev–Trinajstić information content (AvgIpc) is 2.49. The van der Waals surface area contributed by atoms with Crippen LogP contribution in [-0.2, 0) is 13.1 Å². The molecule has 3 nitrogen and oxygen atoms in total. The average molecular weight is 343 g/mol. The first-order chi connectivity index (χ1) is 11.4. The molecule has 1 aromatic heterocycles. The van der Waals surface area contributed by atoms with Gasteiger partial charge in [0, 0.05) is 27.6 Å². The standard InChI is InChI=1S/C20H20ClNO2/c1-13-7-18-16(10-20(23)24-19(18)8-14(13)2)12-22(3)11-15-5-4-6-17(21)9-15/h4-10H,11-12H2,1-3H3/p+1. The van der Waals surface area contributed by atoms with Crippen LogP contribution in [0.25, 0.3) is 11.0 Å². The van der Waals surface area contributed by atoms with Crippen molar-refractivity contribution in [3.8, 4) is 0 Å². The summed E-state index contributed by atoms with van der Waals surface area (Å²) >= 11 is 6.06. The lowest BCUT2D eigenvalue weighted by Gasteiger charge is -2.15. The second-order valence-electron chi connectivity index (χ2n) is 6.46. The Labute approximate surface area is 146 Å². The molecule has 2 aromatic carbocycles. The first-order valence-corrected chi connectivity index (χ1v) is 8.40. The third kappa shape index (κ3) is 3.69. The molecule has 0 bridgehead atoms. The van der Waals surface area contributed by atoms with Crippen molar-refractivity contribution in [3.05, 3.63) is 80.2 Å². The van der Waals surface area contributed by atoms with Gasteiger partial charge in [0.2, 0.25) is 0 Å². The van der Waals surface area contributed by atoms with Gasteiger partial charge in [-0.25, -0.2) is 4.79 Å². The van der Waals surface area contributed by atoms with Gasteiger partial charge in [-0.1, -0.05) is 23.7 Å². The van der Waals surface area contributed by atoms with Gasteiger partial charge < -0.3 is 9.32 Å². The van der Waals surface area contributed by atoms with Crippen molar-refractivity contribution in [2.45, 2.75) is 26.9 Å². The van der Waals surface area contributed by atoms with E-state index in [2.05, 4.69) is 26.1 Å². The summed E-state index contributed by atoms with van der Waals surface area (Å²) in [5, 5.41) is 1.76. The Morgan fingerprint density at radius 2 is 1.79 bits per heavy atom. The third-order valence-corrected chi connectivity index (χ3v) is 4.57. The van der Waals surface area contributed by atoms with Crippen molar-refractivity contribution in [1.82, 2.24) is 0 Å². The normalized spacial score (nSPS) is 12.5. The van der Waals surface area contributed by atoms with E-state index in [4.69, 9.17) is 16.0 Å². The highest BCUT2D eigenvalue weighted by Gasteiger charge is 2.12. The fourth-order valence-corrected chi connectivity index (χ4v) is 3.23. The lowest BCUT2D eigenvalue weighted by molar-refractivity contribution is -0.907. The molecule has 0 aliphatic heterocycles. The molecule has 0 fully saturated rings. The molecule has 124 valence electrons. The molecule has 0 saturated carbocycles. The topological polar surface area (TPSA) is 34.6 Å². The largest absolute Gasteiger partial charge is 0.423 e. The van der Waals surface area contributed by atoms with Gasteiger partial charge in [0.15, 0.2) is 0 Å². The maximum atomic E-state index is 11.9. The zero-order chi connectivity index (χ0) is 17.3. The summed E-state index contributed by atoms with van der Waals surface area (Å²) in [6.07, 6.45) is 0. The van der Waals surface area contributed by atoms with E-state index in [0.717, 1.165) is 34.6 Å². The number of quaternary nitrogens is 1. The van der Waals surface area contributed by atoms with Gasteiger partial charge in [0.1, 0.15) is 18.7 Å². The van der Waals surface area contributed by atoms with Crippen LogP contribution in [0.5, 0.6) is 0 Å². The Balaban J connectivity index is 1.91. The van der Waals surface area contributed by atoms with Gasteiger partial charge in [-0.15, -0.1) is 0 Å². The summed E-state index contributed by atoms with van der Waals surface area (Å²) in [5.74, 6) is 0. The molecule has 0 aliphatic rings. The van der Waals surface area contributed by atoms with Gasteiger partial charge in [-0.3, -0.25) is 0 Å². The van der Waals surface area contributed by atoms with Crippen LogP contribution >= 0.6 is 11.6 Å². The number of aryl methyl sites for hydroxylation is 2. The number of halogens is 1. The summed E-state index contributed by atoms with van der Waals surface area (Å²) in [6, 6.07) is 13.6. The van der Waals surface area contributed by atoms with Crippen molar-refractivity contribution in [1.29, 1.82) is 0 Å². The zero-order valence-electron chi connectivity index (χ0n) is 14.2. The number of fused-ring (bicyclic) bond motifs is 1. The van der Waals surface area contributed by atoms with Crippen LogP contribution in [0.3, 0.4) is 0 Å². The van der Waals surface area contributed by atoms with E-state index in [1.807, 2.05) is 31.2 Å². The molecule has 1 atom stereocenters. The fraction of sp³-hybridized carbons (Fsp3) is 0.250. The van der Waals surface area contributed by atoms with E-state index < -0.39 is 0 Å². The molecule has 3 aromatic rings. The molecule has 0 spiro atoms. The highest BCUT2D eigenvalue weighted by molar-refractivity contribution is 6.30. The molecule has 0 aliphatic carbocycles. The first-order valence-electron chi connectivity index (χ1n) is 8.02. The van der Waals surface area contributed by atoms with Crippen LogP contribution in [0.2, 0.25) is 5.02 Å². The quantitative estimate of drug-likeness (QED) is 0.738. The smallest absolute Gasteiger partial charge is 0.336 e. The van der Waals surface area contributed by atoms with Crippen molar-refractivity contribution in [2.24, 2.45) is 0 Å². The number of rotatable bonds is 4. The molecular weight excluding hydrogens is 322 g/mol. The van der Waals surface area contributed by atoms with E-state index >= 15 is 0 Å². The van der Waals surface area contributed by atoms with Gasteiger partial charge in [-0.2, -0.15) is 0 Å². The maximum Gasteiger partial charge on any atom is 0.336 e. The molecule has 24 heavy (non-hydrogen) atoms. The van der Waals surface area contributed by atoms with Crippen LogP contribution in [-0.4, -0.2) is 7.05 Å². The number of hydrogen-bond acceptors (Lipinski definition) is 2. The van der Waals surface area contributed by atoms with Crippen molar-refractivity contribution in [3.63, 3.8) is 0 Å². The molecule has 1 unspecified atom stereocenters. The Kier molecular flexibility index (Phi) is 4.74. The van der Waals surface area contributed by atoms with Gasteiger partial charge in [-0.05, 0) is 49.2 Å². The highest BCUT2D eigenvalue weighted by atomic mass is 35.5. The van der Waals surface area contributed by atoms with Crippen molar-refractivity contribution < 1.29 is 9.32 Å². The first kappa shape index (κ1) is 16.7. The number of hydrogen-bond donors (Lipinski definition) is 1. The van der Waals surface area contributed by atoms with Gasteiger partial charge >= 0.3 is 5.63 Å². The summed E-state index contributed by atoms with van der Waals surface area (Å²) in [7, 11) is 2.11. The molecule has 0 saturated heterocycles. The van der Waals surface area contributed by atoms with E-state index in [9.17, 15) is 4.79 Å². The predicted octanol–water partition coefficient (Wildman–Crippen LogP) is 3.28. The predicted molar refractivity (Wildman–Crippen MR) is 97.7 cm³/mol. The molecule has 1 N–H and O–H groups in total. The number of nitrogens with one attached hydrogen (secondary N) is 1. The lowest BCUT2D eigenvalue weighted by Crippen LogP contribution is -3.06. The van der Waals surface area contributed by atoms with Crippen molar-refractivity contribution >= 4 is 22.6 Å². The number of benzene rings is 2. The summed E-state index contributed by atoms with van der Waals surface area (Å²) in [5.41, 5.74) is 4.89. The second-order valence-corrected chi connectivity index (χ2v) is 6.90. The lowest BCUT2D eigenvalue weighted by atomic mass is 10.0. The Morgan fingerprint density at radius 3 is 2.54 bits per heavy atom. The zero-order valence-corrected chi connectivity index (χ0v) is 14.9. The molecule has 1 heterocycles. The molecular formula is C20H21ClNO2+. The van der Waals surface area contributed by atoms with E-state index in [1.54, 1.807) is 6.07 Å². The van der Waals surface area contributed by atoms with Gasteiger partial charge in [0.25, 0.3) is 0 Å². The fourth-order valence-electron chi connectivity index (χ4n) is 3.01.